The van der Waals surface area contributed by atoms with Gasteiger partial charge in [-0.05, 0) is 79.8 Å². The summed E-state index contributed by atoms with van der Waals surface area (Å²) in [6, 6.07) is 10.3. The number of hydrogen-bond donors (Lipinski definition) is 1. The smallest absolute Gasteiger partial charge is 0.368 e. The SMILES string of the molecule is Cc1cccc2cc(CN(C)c3cnc(N(C)Cc4cc(C(F)(F)F)cc(C(F)(F)F)c4)nc3)c(NC(C3CC3)C3CC3)nc12. The molecule has 0 radical (unpaired) electrons. The molecule has 0 unspecified atom stereocenters. The van der Waals surface area contributed by atoms with Gasteiger partial charge in [-0.3, -0.25) is 0 Å². The number of nitrogens with one attached hydrogen (secondary N) is 1. The predicted molar refractivity (Wildman–Crippen MR) is 162 cm³/mol. The van der Waals surface area contributed by atoms with Gasteiger partial charge in [-0.1, -0.05) is 18.2 Å². The number of aromatic nitrogens is 3. The fourth-order valence-electron chi connectivity index (χ4n) is 5.84. The zero-order chi connectivity index (χ0) is 32.1. The van der Waals surface area contributed by atoms with Crippen LogP contribution in [0.5, 0.6) is 0 Å². The summed E-state index contributed by atoms with van der Waals surface area (Å²) < 4.78 is 79.9. The lowest BCUT2D eigenvalue weighted by Crippen LogP contribution is -2.27. The Balaban J connectivity index is 1.20. The number of pyridine rings is 1. The Morgan fingerprint density at radius 1 is 0.822 bits per heavy atom. The Morgan fingerprint density at radius 2 is 1.42 bits per heavy atom. The number of rotatable bonds is 10. The first kappa shape index (κ1) is 30.9. The quantitative estimate of drug-likeness (QED) is 0.179. The second-order valence-electron chi connectivity index (χ2n) is 12.4. The number of aryl methyl sites for hydroxylation is 1. The third kappa shape index (κ3) is 7.10. The summed E-state index contributed by atoms with van der Waals surface area (Å²) in [6.45, 7) is 2.33. The molecule has 2 fully saturated rings. The van der Waals surface area contributed by atoms with Crippen LogP contribution in [0.3, 0.4) is 0 Å². The molecule has 2 aliphatic carbocycles. The lowest BCUT2D eigenvalue weighted by molar-refractivity contribution is -0.143. The van der Waals surface area contributed by atoms with Gasteiger partial charge in [0.15, 0.2) is 0 Å². The summed E-state index contributed by atoms with van der Waals surface area (Å²) in [5.74, 6) is 2.42. The van der Waals surface area contributed by atoms with E-state index >= 15 is 0 Å². The molecule has 0 aliphatic heterocycles. The minimum Gasteiger partial charge on any atom is -0.368 e. The lowest BCUT2D eigenvalue weighted by atomic mass is 10.0. The number of anilines is 3. The van der Waals surface area contributed by atoms with Gasteiger partial charge in [-0.2, -0.15) is 26.3 Å². The molecule has 0 saturated heterocycles. The van der Waals surface area contributed by atoms with Crippen LogP contribution in [0.1, 0.15) is 53.5 Å². The average molecular weight is 629 g/mol. The summed E-state index contributed by atoms with van der Waals surface area (Å²) in [5, 5.41) is 4.86. The Hall–Kier alpha value is -4.09. The second-order valence-corrected chi connectivity index (χ2v) is 12.4. The van der Waals surface area contributed by atoms with Crippen LogP contribution < -0.4 is 15.1 Å². The summed E-state index contributed by atoms with van der Waals surface area (Å²) in [5.41, 5.74) is 0.945. The highest BCUT2D eigenvalue weighted by Gasteiger charge is 2.42. The maximum Gasteiger partial charge on any atom is 0.416 e. The van der Waals surface area contributed by atoms with Crippen molar-refractivity contribution in [3.63, 3.8) is 0 Å². The normalized spacial score (nSPS) is 15.5. The molecule has 45 heavy (non-hydrogen) atoms. The van der Waals surface area contributed by atoms with Crippen molar-refractivity contribution in [3.05, 3.63) is 82.7 Å². The number of nitrogens with zero attached hydrogens (tertiary/aromatic N) is 5. The van der Waals surface area contributed by atoms with Gasteiger partial charge >= 0.3 is 12.4 Å². The van der Waals surface area contributed by atoms with Crippen LogP contribution in [0.25, 0.3) is 10.9 Å². The average Bonchev–Trinajstić information content (AvgIpc) is 3.90. The molecule has 6 rings (SSSR count). The number of halogens is 6. The highest BCUT2D eigenvalue weighted by molar-refractivity contribution is 5.84. The van der Waals surface area contributed by atoms with E-state index < -0.39 is 23.5 Å². The first-order valence-corrected chi connectivity index (χ1v) is 14.9. The van der Waals surface area contributed by atoms with Crippen LogP contribution in [0.4, 0.5) is 43.8 Å². The molecule has 0 amide bonds. The zero-order valence-corrected chi connectivity index (χ0v) is 25.2. The monoisotopic (exact) mass is 628 g/mol. The fraction of sp³-hybridized carbons (Fsp3) is 0.424. The topological polar surface area (TPSA) is 57.2 Å². The van der Waals surface area contributed by atoms with E-state index in [1.807, 2.05) is 18.0 Å². The van der Waals surface area contributed by atoms with Crippen molar-refractivity contribution >= 4 is 28.4 Å². The van der Waals surface area contributed by atoms with Crippen molar-refractivity contribution in [2.75, 3.05) is 29.2 Å². The van der Waals surface area contributed by atoms with Gasteiger partial charge in [-0.15, -0.1) is 0 Å². The fourth-order valence-corrected chi connectivity index (χ4v) is 5.84. The molecular weight excluding hydrogens is 594 g/mol. The lowest BCUT2D eigenvalue weighted by Gasteiger charge is -2.25. The Kier molecular flexibility index (Phi) is 8.03. The molecule has 1 N–H and O–H groups in total. The molecule has 6 nitrogen and oxygen atoms in total. The highest BCUT2D eigenvalue weighted by atomic mass is 19.4. The highest BCUT2D eigenvalue weighted by Crippen LogP contribution is 2.46. The Bertz CT molecular complexity index is 1630. The predicted octanol–water partition coefficient (Wildman–Crippen LogP) is 8.24. The zero-order valence-electron chi connectivity index (χ0n) is 25.2. The van der Waals surface area contributed by atoms with Crippen LogP contribution in [0.2, 0.25) is 0 Å². The van der Waals surface area contributed by atoms with Gasteiger partial charge in [0.1, 0.15) is 5.82 Å². The van der Waals surface area contributed by atoms with Gasteiger partial charge < -0.3 is 15.1 Å². The third-order valence-corrected chi connectivity index (χ3v) is 8.57. The molecule has 4 aromatic rings. The van der Waals surface area contributed by atoms with Crippen LogP contribution in [-0.4, -0.2) is 35.1 Å². The molecule has 0 spiro atoms. The van der Waals surface area contributed by atoms with E-state index in [-0.39, 0.29) is 24.1 Å². The van der Waals surface area contributed by atoms with E-state index in [4.69, 9.17) is 4.98 Å². The molecule has 2 aliphatic rings. The van der Waals surface area contributed by atoms with E-state index in [1.165, 1.54) is 37.6 Å². The first-order chi connectivity index (χ1) is 21.3. The number of alkyl halides is 6. The van der Waals surface area contributed by atoms with E-state index in [9.17, 15) is 26.3 Å². The molecule has 0 bridgehead atoms. The van der Waals surface area contributed by atoms with Gasteiger partial charge in [0.2, 0.25) is 5.95 Å². The van der Waals surface area contributed by atoms with Gasteiger partial charge in [0.05, 0.1) is 34.7 Å². The van der Waals surface area contributed by atoms with Gasteiger partial charge in [0, 0.05) is 44.2 Å². The van der Waals surface area contributed by atoms with Crippen molar-refractivity contribution in [1.29, 1.82) is 0 Å². The molecule has 238 valence electrons. The maximum atomic E-state index is 13.3. The van der Waals surface area contributed by atoms with Crippen LogP contribution >= 0.6 is 0 Å². The van der Waals surface area contributed by atoms with Crippen molar-refractivity contribution in [1.82, 2.24) is 15.0 Å². The Morgan fingerprint density at radius 3 is 1.98 bits per heavy atom. The molecule has 2 aromatic heterocycles. The molecular formula is C33H34F6N6. The second kappa shape index (κ2) is 11.7. The summed E-state index contributed by atoms with van der Waals surface area (Å²) in [6.07, 6.45) is -1.68. The van der Waals surface area contributed by atoms with Crippen molar-refractivity contribution < 1.29 is 26.3 Å². The molecule has 2 saturated carbocycles. The van der Waals surface area contributed by atoms with Crippen molar-refractivity contribution in [2.45, 2.75) is 64.1 Å². The third-order valence-electron chi connectivity index (χ3n) is 8.57. The van der Waals surface area contributed by atoms with Crippen LogP contribution in [-0.2, 0) is 25.4 Å². The maximum absolute atomic E-state index is 13.3. The van der Waals surface area contributed by atoms with E-state index in [0.29, 0.717) is 30.1 Å². The number of para-hydroxylation sites is 1. The number of hydrogen-bond acceptors (Lipinski definition) is 6. The number of benzene rings is 2. The largest absolute Gasteiger partial charge is 0.416 e. The first-order valence-electron chi connectivity index (χ1n) is 14.9. The summed E-state index contributed by atoms with van der Waals surface area (Å²) in [7, 11) is 3.43. The molecule has 2 heterocycles. The summed E-state index contributed by atoms with van der Waals surface area (Å²) >= 11 is 0. The van der Waals surface area contributed by atoms with Crippen LogP contribution in [0.15, 0.2) is 54.9 Å². The standard InChI is InChI=1S/C33H34F6N6/c1-19-5-4-6-23-13-24(30(42-28(19)23)43-29(21-7-8-21)22-9-10-22)18-44(2)27-15-40-31(41-16-27)45(3)17-20-11-25(32(34,35)36)14-26(12-20)33(37,38)39/h4-6,11-16,21-22,29H,7-10,17-18H2,1-3H3,(H,42,43). The van der Waals surface area contributed by atoms with Gasteiger partial charge in [0.25, 0.3) is 0 Å². The Labute approximate surface area is 257 Å². The van der Waals surface area contributed by atoms with Gasteiger partial charge in [-0.25, -0.2) is 15.0 Å². The minimum absolute atomic E-state index is 0.121. The van der Waals surface area contributed by atoms with E-state index in [0.717, 1.165) is 40.0 Å². The summed E-state index contributed by atoms with van der Waals surface area (Å²) in [4.78, 5) is 17.2. The van der Waals surface area contributed by atoms with Crippen molar-refractivity contribution in [3.8, 4) is 0 Å². The number of fused-ring (bicyclic) bond motifs is 1. The van der Waals surface area contributed by atoms with Crippen molar-refractivity contribution in [2.24, 2.45) is 11.8 Å². The van der Waals surface area contributed by atoms with E-state index in [1.54, 1.807) is 12.4 Å². The van der Waals surface area contributed by atoms with Crippen LogP contribution in [0, 0.1) is 18.8 Å². The minimum atomic E-state index is -4.91. The molecule has 0 atom stereocenters. The molecule has 12 heteroatoms. The molecule has 2 aromatic carbocycles. The van der Waals surface area contributed by atoms with E-state index in [2.05, 4.69) is 40.4 Å².